The van der Waals surface area contributed by atoms with Crippen LogP contribution >= 0.6 is 0 Å². The van der Waals surface area contributed by atoms with Crippen molar-refractivity contribution in [3.05, 3.63) is 30.3 Å². The monoisotopic (exact) mass is 397 g/mol. The van der Waals surface area contributed by atoms with Crippen molar-refractivity contribution < 1.29 is 14.6 Å². The number of ether oxygens (including phenoxy) is 1. The number of carbonyl (C=O) groups excluding carboxylic acids is 1. The van der Waals surface area contributed by atoms with Crippen LogP contribution in [0.2, 0.25) is 0 Å². The van der Waals surface area contributed by atoms with E-state index in [2.05, 4.69) is 20.8 Å². The Kier molecular flexibility index (Phi) is 4.52. The molecule has 5 N–H and O–H groups in total. The van der Waals surface area contributed by atoms with Crippen LogP contribution in [-0.4, -0.2) is 38.6 Å². The van der Waals surface area contributed by atoms with Crippen LogP contribution in [0.3, 0.4) is 0 Å². The van der Waals surface area contributed by atoms with Crippen molar-refractivity contribution in [2.45, 2.75) is 57.2 Å². The van der Waals surface area contributed by atoms with Crippen LogP contribution < -0.4 is 16.4 Å². The first-order valence-corrected chi connectivity index (χ1v) is 9.83. The number of carbonyl (C=O) groups is 1. The minimum atomic E-state index is -0.517. The van der Waals surface area contributed by atoms with E-state index in [0.29, 0.717) is 28.7 Å². The molecule has 1 aromatic heterocycles. The van der Waals surface area contributed by atoms with Crippen molar-refractivity contribution in [1.29, 1.82) is 0 Å². The molecule has 3 saturated carbocycles. The highest BCUT2D eigenvalue weighted by Crippen LogP contribution is 2.53. The van der Waals surface area contributed by atoms with Crippen molar-refractivity contribution in [3.63, 3.8) is 0 Å². The lowest BCUT2D eigenvalue weighted by Gasteiger charge is -2.39. The molecule has 5 rings (SSSR count). The second-order valence-corrected chi connectivity index (χ2v) is 9.08. The van der Waals surface area contributed by atoms with E-state index in [9.17, 15) is 9.90 Å². The van der Waals surface area contributed by atoms with E-state index in [0.717, 1.165) is 19.3 Å². The zero-order chi connectivity index (χ0) is 20.8. The molecule has 8 heteroatoms. The highest BCUT2D eigenvalue weighted by Gasteiger charge is 2.57. The molecule has 0 radical (unpaired) electrons. The normalized spacial score (nSPS) is 25.2. The molecular weight excluding hydrogens is 370 g/mol. The Morgan fingerprint density at radius 2 is 1.97 bits per heavy atom. The quantitative estimate of drug-likeness (QED) is 0.624. The van der Waals surface area contributed by atoms with Crippen LogP contribution in [0.4, 0.5) is 16.3 Å². The summed E-state index contributed by atoms with van der Waals surface area (Å²) in [6.45, 7) is 5.57. The minimum Gasteiger partial charge on any atom is -0.507 e. The van der Waals surface area contributed by atoms with E-state index in [1.54, 1.807) is 24.3 Å². The average Bonchev–Trinajstić information content (AvgIpc) is 3.09. The fourth-order valence-corrected chi connectivity index (χ4v) is 4.36. The summed E-state index contributed by atoms with van der Waals surface area (Å²) in [5, 5.41) is 24.8. The van der Waals surface area contributed by atoms with Gasteiger partial charge in [0.1, 0.15) is 11.4 Å². The second kappa shape index (κ2) is 6.79. The molecule has 3 fully saturated rings. The second-order valence-electron chi connectivity index (χ2n) is 9.08. The number of phenols is 1. The van der Waals surface area contributed by atoms with Crippen LogP contribution in [0.1, 0.15) is 40.0 Å². The first kappa shape index (κ1) is 19.3. The van der Waals surface area contributed by atoms with Crippen LogP contribution in [0, 0.1) is 5.92 Å². The van der Waals surface area contributed by atoms with Gasteiger partial charge in [-0.3, -0.25) is 0 Å². The van der Waals surface area contributed by atoms with Crippen molar-refractivity contribution in [2.75, 3.05) is 11.1 Å². The minimum absolute atomic E-state index is 0.140. The van der Waals surface area contributed by atoms with E-state index >= 15 is 0 Å². The van der Waals surface area contributed by atoms with Crippen molar-refractivity contribution >= 4 is 17.6 Å². The van der Waals surface area contributed by atoms with E-state index in [4.69, 9.17) is 10.5 Å². The van der Waals surface area contributed by atoms with Crippen LogP contribution in [0.25, 0.3) is 11.3 Å². The number of rotatable bonds is 4. The lowest BCUT2D eigenvalue weighted by molar-refractivity contribution is 0.0397. The van der Waals surface area contributed by atoms with Gasteiger partial charge in [0.2, 0.25) is 0 Å². The summed E-state index contributed by atoms with van der Waals surface area (Å²) >= 11 is 0. The van der Waals surface area contributed by atoms with Gasteiger partial charge in [0, 0.05) is 17.1 Å². The number of phenolic OH excluding ortho intramolecular Hbond substituents is 1. The number of alkyl carbamates (subject to hydrolysis) is 1. The average molecular weight is 397 g/mol. The molecule has 3 aliphatic rings. The van der Waals surface area contributed by atoms with Gasteiger partial charge in [0.25, 0.3) is 0 Å². The Balaban J connectivity index is 1.45. The third-order valence-electron chi connectivity index (χ3n) is 5.60. The predicted octanol–water partition coefficient (Wildman–Crippen LogP) is 3.29. The number of nitrogen functional groups attached to an aromatic ring is 1. The predicted molar refractivity (Wildman–Crippen MR) is 110 cm³/mol. The Morgan fingerprint density at radius 3 is 2.66 bits per heavy atom. The maximum absolute atomic E-state index is 12.2. The summed E-state index contributed by atoms with van der Waals surface area (Å²) in [6.07, 6.45) is 2.25. The molecule has 1 heterocycles. The Morgan fingerprint density at radius 1 is 1.24 bits per heavy atom. The van der Waals surface area contributed by atoms with E-state index < -0.39 is 5.60 Å². The van der Waals surface area contributed by atoms with Gasteiger partial charge in [-0.2, -0.15) is 0 Å². The third-order valence-corrected chi connectivity index (χ3v) is 5.60. The molecule has 0 saturated heterocycles. The highest BCUT2D eigenvalue weighted by atomic mass is 16.6. The van der Waals surface area contributed by atoms with Gasteiger partial charge >= 0.3 is 6.09 Å². The third kappa shape index (κ3) is 3.92. The smallest absolute Gasteiger partial charge is 0.408 e. The number of fused-ring (bicyclic) bond motifs is 1. The first-order valence-electron chi connectivity index (χ1n) is 9.83. The summed E-state index contributed by atoms with van der Waals surface area (Å²) in [5.41, 5.74) is 7.13. The number of aromatic hydroxyl groups is 1. The molecule has 8 nitrogen and oxygen atoms in total. The number of nitrogens with zero attached hydrogens (tertiary/aromatic N) is 2. The number of nitrogens with two attached hydrogens (primary N) is 1. The maximum Gasteiger partial charge on any atom is 0.408 e. The summed E-state index contributed by atoms with van der Waals surface area (Å²) in [5.74, 6) is 0.898. The van der Waals surface area contributed by atoms with Gasteiger partial charge in [-0.05, 0) is 64.2 Å². The molecule has 2 bridgehead atoms. The number of hydrogen-bond acceptors (Lipinski definition) is 7. The number of anilines is 2. The number of hydrogen-bond donors (Lipinski definition) is 4. The van der Waals surface area contributed by atoms with Gasteiger partial charge in [-0.1, -0.05) is 12.1 Å². The lowest BCUT2D eigenvalue weighted by Crippen LogP contribution is -2.53. The van der Waals surface area contributed by atoms with Gasteiger partial charge in [0.05, 0.1) is 11.4 Å². The van der Waals surface area contributed by atoms with Crippen LogP contribution in [0.15, 0.2) is 30.3 Å². The van der Waals surface area contributed by atoms with Crippen molar-refractivity contribution in [1.82, 2.24) is 15.5 Å². The van der Waals surface area contributed by atoms with Crippen molar-refractivity contribution in [3.8, 4) is 17.0 Å². The zero-order valence-corrected chi connectivity index (χ0v) is 16.9. The largest absolute Gasteiger partial charge is 0.507 e. The number of para-hydroxylation sites is 1. The molecule has 1 amide bonds. The van der Waals surface area contributed by atoms with Gasteiger partial charge < -0.3 is 26.2 Å². The highest BCUT2D eigenvalue weighted by molar-refractivity contribution is 5.74. The molecule has 1 atom stereocenters. The zero-order valence-electron chi connectivity index (χ0n) is 16.9. The topological polar surface area (TPSA) is 122 Å². The standard InChI is InChI=1S/C21H27N5O3/c1-20(2,3)29-19(28)24-21-9-12(10-21)16(11-21)23-15-8-14(25-26-18(15)22)13-6-4-5-7-17(13)27/h4-8,12,16,27H,9-11H2,1-3H3,(H2,22,26)(H,23,25)(H,24,28)/t12?,16-,21?/m1/s1. The number of nitrogens with one attached hydrogen (secondary N) is 2. The first-order chi connectivity index (χ1) is 13.6. The van der Waals surface area contributed by atoms with Gasteiger partial charge in [0.15, 0.2) is 5.82 Å². The molecule has 0 unspecified atom stereocenters. The molecule has 154 valence electrons. The summed E-state index contributed by atoms with van der Waals surface area (Å²) < 4.78 is 5.41. The SMILES string of the molecule is CC(C)(C)OC(=O)NC12CC(C1)[C@H](Nc1cc(-c3ccccc3O)nnc1N)C2. The fraction of sp³-hybridized carbons (Fsp3) is 0.476. The van der Waals surface area contributed by atoms with Gasteiger partial charge in [-0.25, -0.2) is 4.79 Å². The van der Waals surface area contributed by atoms with Crippen molar-refractivity contribution in [2.24, 2.45) is 5.92 Å². The maximum atomic E-state index is 12.2. The fourth-order valence-electron chi connectivity index (χ4n) is 4.36. The summed E-state index contributed by atoms with van der Waals surface area (Å²) in [4.78, 5) is 12.2. The molecule has 0 spiro atoms. The van der Waals surface area contributed by atoms with E-state index in [-0.39, 0.29) is 23.4 Å². The molecule has 29 heavy (non-hydrogen) atoms. The molecule has 2 aromatic rings. The molecule has 1 aromatic carbocycles. The summed E-state index contributed by atoms with van der Waals surface area (Å²) in [7, 11) is 0. The number of amides is 1. The van der Waals surface area contributed by atoms with Crippen LogP contribution in [0.5, 0.6) is 5.75 Å². The van der Waals surface area contributed by atoms with E-state index in [1.165, 1.54) is 0 Å². The Labute approximate surface area is 169 Å². The number of aromatic nitrogens is 2. The molecular formula is C21H27N5O3. The van der Waals surface area contributed by atoms with E-state index in [1.807, 2.05) is 26.8 Å². The van der Waals surface area contributed by atoms with Crippen LogP contribution in [-0.2, 0) is 4.74 Å². The lowest BCUT2D eigenvalue weighted by atomic mass is 9.77. The molecule has 0 aliphatic heterocycles. The molecule has 3 aliphatic carbocycles. The van der Waals surface area contributed by atoms with Gasteiger partial charge in [-0.15, -0.1) is 10.2 Å². The summed E-state index contributed by atoms with van der Waals surface area (Å²) in [6, 6.07) is 8.96. The Bertz CT molecular complexity index is 934. The number of benzene rings is 1. The Hall–Kier alpha value is -3.03.